The van der Waals surface area contributed by atoms with Gasteiger partial charge < -0.3 is 10.6 Å². The molecular weight excluding hydrogens is 354 g/mol. The van der Waals surface area contributed by atoms with Crippen LogP contribution in [0.2, 0.25) is 0 Å². The molecule has 0 aliphatic rings. The Hall–Kier alpha value is -3.55. The van der Waals surface area contributed by atoms with Gasteiger partial charge in [0.1, 0.15) is 0 Å². The molecule has 3 aromatic rings. The van der Waals surface area contributed by atoms with Gasteiger partial charge in [-0.1, -0.05) is 24.3 Å². The predicted molar refractivity (Wildman–Crippen MR) is 97.4 cm³/mol. The number of nitrogens with zero attached hydrogens (tertiary/aromatic N) is 1. The zero-order chi connectivity index (χ0) is 19.2. The standard InChI is InChI=1S/C19H16F2N4O2/c20-15-6-2-3-12(18(15)21)9-10-22-19(27)23-14-5-1-4-13(11-14)16-7-8-17(26)25-24-16/h1-8,11H,9-10H2,(H,25,26)(H2,22,23,27). The first-order valence-corrected chi connectivity index (χ1v) is 8.17. The predicted octanol–water partition coefficient (Wildman–Crippen LogP) is 3.08. The van der Waals surface area contributed by atoms with Crippen LogP contribution in [0.4, 0.5) is 19.3 Å². The van der Waals surface area contributed by atoms with Crippen LogP contribution < -0.4 is 16.2 Å². The van der Waals surface area contributed by atoms with Gasteiger partial charge in [0.15, 0.2) is 11.6 Å². The lowest BCUT2D eigenvalue weighted by Crippen LogP contribution is -2.30. The van der Waals surface area contributed by atoms with Crippen LogP contribution in [0.15, 0.2) is 59.4 Å². The maximum atomic E-state index is 13.6. The van der Waals surface area contributed by atoms with Gasteiger partial charge in [-0.15, -0.1) is 0 Å². The third-order valence-electron chi connectivity index (χ3n) is 3.81. The van der Waals surface area contributed by atoms with Crippen molar-refractivity contribution in [2.75, 3.05) is 11.9 Å². The molecule has 0 bridgehead atoms. The van der Waals surface area contributed by atoms with Gasteiger partial charge in [-0.05, 0) is 36.2 Å². The summed E-state index contributed by atoms with van der Waals surface area (Å²) in [6.45, 7) is 0.146. The van der Waals surface area contributed by atoms with Gasteiger partial charge in [-0.3, -0.25) is 4.79 Å². The topological polar surface area (TPSA) is 86.9 Å². The first-order chi connectivity index (χ1) is 13.0. The Morgan fingerprint density at radius 2 is 1.89 bits per heavy atom. The molecule has 0 aliphatic heterocycles. The smallest absolute Gasteiger partial charge is 0.319 e. The summed E-state index contributed by atoms with van der Waals surface area (Å²) < 4.78 is 26.7. The van der Waals surface area contributed by atoms with Crippen LogP contribution in [-0.4, -0.2) is 22.8 Å². The summed E-state index contributed by atoms with van der Waals surface area (Å²) in [5, 5.41) is 11.5. The molecule has 1 aromatic heterocycles. The largest absolute Gasteiger partial charge is 0.338 e. The number of nitrogens with one attached hydrogen (secondary N) is 3. The van der Waals surface area contributed by atoms with Crippen LogP contribution in [0.25, 0.3) is 11.3 Å². The Morgan fingerprint density at radius 1 is 1.07 bits per heavy atom. The molecule has 1 heterocycles. The van der Waals surface area contributed by atoms with Crippen molar-refractivity contribution in [1.29, 1.82) is 0 Å². The molecule has 3 N–H and O–H groups in total. The van der Waals surface area contributed by atoms with E-state index in [9.17, 15) is 18.4 Å². The van der Waals surface area contributed by atoms with Gasteiger partial charge >= 0.3 is 6.03 Å². The number of aromatic amines is 1. The maximum Gasteiger partial charge on any atom is 0.319 e. The highest BCUT2D eigenvalue weighted by Crippen LogP contribution is 2.19. The van der Waals surface area contributed by atoms with Crippen molar-refractivity contribution in [2.24, 2.45) is 0 Å². The quantitative estimate of drug-likeness (QED) is 0.645. The van der Waals surface area contributed by atoms with Crippen LogP contribution in [0.5, 0.6) is 0 Å². The highest BCUT2D eigenvalue weighted by molar-refractivity contribution is 5.90. The molecule has 0 unspecified atom stereocenters. The number of carbonyl (C=O) groups is 1. The fourth-order valence-electron chi connectivity index (χ4n) is 2.49. The van der Waals surface area contributed by atoms with Crippen molar-refractivity contribution in [1.82, 2.24) is 15.5 Å². The molecule has 3 rings (SSSR count). The zero-order valence-corrected chi connectivity index (χ0v) is 14.1. The Labute approximate surface area is 153 Å². The molecule has 0 spiro atoms. The number of H-pyrrole nitrogens is 1. The SMILES string of the molecule is O=C(NCCc1cccc(F)c1F)Nc1cccc(-c2ccc(=O)[nH]n2)c1. The Morgan fingerprint density at radius 3 is 2.67 bits per heavy atom. The van der Waals surface area contributed by atoms with Crippen LogP contribution in [0.3, 0.4) is 0 Å². The minimum absolute atomic E-state index is 0.146. The number of hydrogen-bond donors (Lipinski definition) is 3. The van der Waals surface area contributed by atoms with E-state index < -0.39 is 17.7 Å². The van der Waals surface area contributed by atoms with Gasteiger partial charge in [0.05, 0.1) is 5.69 Å². The van der Waals surface area contributed by atoms with Crippen molar-refractivity contribution >= 4 is 11.7 Å². The van der Waals surface area contributed by atoms with Gasteiger partial charge in [0.2, 0.25) is 0 Å². The minimum Gasteiger partial charge on any atom is -0.338 e. The molecule has 0 atom stereocenters. The number of urea groups is 1. The van der Waals surface area contributed by atoms with Gasteiger partial charge in [0.25, 0.3) is 5.56 Å². The summed E-state index contributed by atoms with van der Waals surface area (Å²) in [6, 6.07) is 13.3. The highest BCUT2D eigenvalue weighted by atomic mass is 19.2. The average molecular weight is 370 g/mol. The molecule has 0 saturated heterocycles. The molecule has 27 heavy (non-hydrogen) atoms. The summed E-state index contributed by atoms with van der Waals surface area (Å²) in [5.41, 5.74) is 1.68. The molecule has 6 nitrogen and oxygen atoms in total. The lowest BCUT2D eigenvalue weighted by molar-refractivity contribution is 0.252. The lowest BCUT2D eigenvalue weighted by atomic mass is 10.1. The molecule has 2 aromatic carbocycles. The zero-order valence-electron chi connectivity index (χ0n) is 14.1. The summed E-state index contributed by atoms with van der Waals surface area (Å²) in [6.07, 6.45) is 0.165. The molecule has 0 aliphatic carbocycles. The Kier molecular flexibility index (Phi) is 5.55. The minimum atomic E-state index is -0.912. The van der Waals surface area contributed by atoms with Gasteiger partial charge in [-0.2, -0.15) is 5.10 Å². The van der Waals surface area contributed by atoms with Crippen LogP contribution in [0, 0.1) is 11.6 Å². The normalized spacial score (nSPS) is 10.4. The molecular formula is C19H16F2N4O2. The fourth-order valence-corrected chi connectivity index (χ4v) is 2.49. The second-order valence-corrected chi connectivity index (χ2v) is 5.73. The van der Waals surface area contributed by atoms with E-state index in [2.05, 4.69) is 20.8 Å². The fraction of sp³-hybridized carbons (Fsp3) is 0.105. The van der Waals surface area contributed by atoms with Crippen molar-refractivity contribution in [2.45, 2.75) is 6.42 Å². The molecule has 0 saturated carbocycles. The summed E-state index contributed by atoms with van der Waals surface area (Å²) >= 11 is 0. The van der Waals surface area contributed by atoms with E-state index in [1.165, 1.54) is 18.2 Å². The Bertz CT molecular complexity index is 1000. The number of carbonyl (C=O) groups excluding carboxylic acids is 1. The van der Waals surface area contributed by atoms with Crippen molar-refractivity contribution in [3.05, 3.63) is 82.1 Å². The molecule has 2 amide bonds. The van der Waals surface area contributed by atoms with E-state index in [0.29, 0.717) is 16.9 Å². The van der Waals surface area contributed by atoms with Crippen LogP contribution in [0.1, 0.15) is 5.56 Å². The van der Waals surface area contributed by atoms with E-state index in [1.807, 2.05) is 0 Å². The number of halogens is 2. The molecule has 138 valence electrons. The summed E-state index contributed by atoms with van der Waals surface area (Å²) in [7, 11) is 0. The van der Waals surface area contributed by atoms with Gasteiger partial charge in [-0.25, -0.2) is 18.7 Å². The number of anilines is 1. The molecule has 8 heteroatoms. The van der Waals surface area contributed by atoms with E-state index >= 15 is 0 Å². The number of hydrogen-bond acceptors (Lipinski definition) is 3. The second-order valence-electron chi connectivity index (χ2n) is 5.73. The molecule has 0 radical (unpaired) electrons. The maximum absolute atomic E-state index is 13.6. The Balaban J connectivity index is 1.58. The van der Waals surface area contributed by atoms with E-state index in [-0.39, 0.29) is 24.1 Å². The third kappa shape index (κ3) is 4.75. The lowest BCUT2D eigenvalue weighted by Gasteiger charge is -2.09. The van der Waals surface area contributed by atoms with E-state index in [1.54, 1.807) is 30.3 Å². The first kappa shape index (κ1) is 18.2. The highest BCUT2D eigenvalue weighted by Gasteiger charge is 2.08. The van der Waals surface area contributed by atoms with Crippen LogP contribution in [-0.2, 0) is 6.42 Å². The monoisotopic (exact) mass is 370 g/mol. The number of benzene rings is 2. The second kappa shape index (κ2) is 8.22. The van der Waals surface area contributed by atoms with Crippen molar-refractivity contribution in [3.8, 4) is 11.3 Å². The van der Waals surface area contributed by atoms with Crippen molar-refractivity contribution in [3.63, 3.8) is 0 Å². The van der Waals surface area contributed by atoms with Gasteiger partial charge in [0, 0.05) is 23.9 Å². The number of rotatable bonds is 5. The van der Waals surface area contributed by atoms with Crippen molar-refractivity contribution < 1.29 is 13.6 Å². The number of aromatic nitrogens is 2. The average Bonchev–Trinajstić information content (AvgIpc) is 2.66. The summed E-state index contributed by atoms with van der Waals surface area (Å²) in [5.74, 6) is -1.81. The molecule has 0 fully saturated rings. The van der Waals surface area contributed by atoms with E-state index in [4.69, 9.17) is 0 Å². The van der Waals surface area contributed by atoms with Crippen LogP contribution >= 0.6 is 0 Å². The first-order valence-electron chi connectivity index (χ1n) is 8.17. The third-order valence-corrected chi connectivity index (χ3v) is 3.81. The van der Waals surface area contributed by atoms with E-state index in [0.717, 1.165) is 6.07 Å². The summed E-state index contributed by atoms with van der Waals surface area (Å²) in [4.78, 5) is 23.1. The number of amides is 2.